The van der Waals surface area contributed by atoms with E-state index in [-0.39, 0.29) is 16.3 Å². The first-order valence-electron chi connectivity index (χ1n) is 6.23. The molecule has 2 rings (SSSR count). The van der Waals surface area contributed by atoms with E-state index in [0.717, 1.165) is 0 Å². The minimum Gasteiger partial charge on any atom is -0.478 e. The normalized spacial score (nSPS) is 10.6. The molecule has 0 aliphatic rings. The van der Waals surface area contributed by atoms with Gasteiger partial charge < -0.3 is 10.4 Å². The van der Waals surface area contributed by atoms with Gasteiger partial charge in [0.2, 0.25) is 5.91 Å². The van der Waals surface area contributed by atoms with Gasteiger partial charge in [0.1, 0.15) is 5.82 Å². The molecule has 1 amide bonds. The smallest absolute Gasteiger partial charge is 0.335 e. The Morgan fingerprint density at radius 3 is 2.64 bits per heavy atom. The fourth-order valence-electron chi connectivity index (χ4n) is 1.71. The Kier molecular flexibility index (Phi) is 4.91. The van der Waals surface area contributed by atoms with E-state index in [1.807, 2.05) is 0 Å². The van der Waals surface area contributed by atoms with Crippen LogP contribution < -0.4 is 5.32 Å². The van der Waals surface area contributed by atoms with E-state index >= 15 is 0 Å². The predicted molar refractivity (Wildman–Crippen MR) is 82.5 cm³/mol. The van der Waals surface area contributed by atoms with E-state index in [0.29, 0.717) is 5.56 Å². The van der Waals surface area contributed by atoms with Gasteiger partial charge in [0.15, 0.2) is 0 Å². The molecule has 2 N–H and O–H groups in total. The number of carboxylic acid groups (broad SMARTS) is 1. The minimum atomic E-state index is -1.12. The summed E-state index contributed by atoms with van der Waals surface area (Å²) in [6.45, 7) is 0. The predicted octanol–water partition coefficient (Wildman–Crippen LogP) is 3.83. The Balaban J connectivity index is 2.12. The maximum atomic E-state index is 13.0. The molecule has 2 aromatic rings. The zero-order valence-electron chi connectivity index (χ0n) is 11.2. The number of anilines is 1. The Morgan fingerprint density at radius 1 is 1.18 bits per heavy atom. The molecule has 0 saturated heterocycles. The molecule has 22 heavy (non-hydrogen) atoms. The summed E-state index contributed by atoms with van der Waals surface area (Å²) in [7, 11) is 0. The Morgan fingerprint density at radius 2 is 1.95 bits per heavy atom. The summed E-state index contributed by atoms with van der Waals surface area (Å²) in [5.74, 6) is -2.03. The van der Waals surface area contributed by atoms with Crippen LogP contribution in [0.15, 0.2) is 48.5 Å². The maximum absolute atomic E-state index is 13.0. The lowest BCUT2D eigenvalue weighted by molar-refractivity contribution is -0.111. The molecule has 0 bridgehead atoms. The highest BCUT2D eigenvalue weighted by atomic mass is 35.5. The molecule has 0 spiro atoms. The number of carbonyl (C=O) groups excluding carboxylic acids is 1. The fourth-order valence-corrected chi connectivity index (χ4v) is 1.88. The molecular formula is C16H11ClFNO3. The largest absolute Gasteiger partial charge is 0.478 e. The molecule has 0 aromatic heterocycles. The molecule has 0 radical (unpaired) electrons. The van der Waals surface area contributed by atoms with Gasteiger partial charge in [-0.15, -0.1) is 0 Å². The number of carboxylic acids is 1. The van der Waals surface area contributed by atoms with Crippen molar-refractivity contribution < 1.29 is 19.1 Å². The van der Waals surface area contributed by atoms with Crippen LogP contribution in [0.5, 0.6) is 0 Å². The highest BCUT2D eigenvalue weighted by Gasteiger charge is 2.08. The number of hydrogen-bond acceptors (Lipinski definition) is 2. The lowest BCUT2D eigenvalue weighted by Gasteiger charge is -2.06. The van der Waals surface area contributed by atoms with E-state index < -0.39 is 17.7 Å². The summed E-state index contributed by atoms with van der Waals surface area (Å²) >= 11 is 5.90. The fraction of sp³-hybridized carbons (Fsp3) is 0. The number of halogens is 2. The van der Waals surface area contributed by atoms with Crippen LogP contribution in [0.2, 0.25) is 5.02 Å². The molecule has 0 atom stereocenters. The monoisotopic (exact) mass is 319 g/mol. The van der Waals surface area contributed by atoms with Gasteiger partial charge in [-0.1, -0.05) is 23.7 Å². The molecule has 0 fully saturated rings. The van der Waals surface area contributed by atoms with Gasteiger partial charge in [-0.2, -0.15) is 0 Å². The van der Waals surface area contributed by atoms with Crippen molar-refractivity contribution >= 4 is 35.2 Å². The average molecular weight is 320 g/mol. The maximum Gasteiger partial charge on any atom is 0.335 e. The number of rotatable bonds is 4. The van der Waals surface area contributed by atoms with Gasteiger partial charge in [0.05, 0.1) is 16.3 Å². The van der Waals surface area contributed by atoms with Crippen molar-refractivity contribution in [3.05, 3.63) is 70.5 Å². The van der Waals surface area contributed by atoms with Gasteiger partial charge in [-0.05, 0) is 42.0 Å². The van der Waals surface area contributed by atoms with Crippen LogP contribution in [0.1, 0.15) is 15.9 Å². The van der Waals surface area contributed by atoms with Crippen molar-refractivity contribution in [3.8, 4) is 0 Å². The van der Waals surface area contributed by atoms with E-state index in [1.54, 1.807) is 6.07 Å². The number of aromatic carboxylic acids is 1. The van der Waals surface area contributed by atoms with Crippen LogP contribution >= 0.6 is 11.6 Å². The van der Waals surface area contributed by atoms with Crippen LogP contribution in [0.3, 0.4) is 0 Å². The summed E-state index contributed by atoms with van der Waals surface area (Å²) in [6, 6.07) is 9.74. The minimum absolute atomic E-state index is 0.00816. The molecule has 0 saturated carbocycles. The molecule has 0 heterocycles. The van der Waals surface area contributed by atoms with E-state index in [2.05, 4.69) is 5.32 Å². The van der Waals surface area contributed by atoms with Crippen LogP contribution in [0.25, 0.3) is 6.08 Å². The number of benzene rings is 2. The molecule has 6 heteroatoms. The molecule has 0 aliphatic heterocycles. The van der Waals surface area contributed by atoms with E-state index in [1.165, 1.54) is 48.6 Å². The first-order chi connectivity index (χ1) is 10.5. The third-order valence-electron chi connectivity index (χ3n) is 2.75. The number of amides is 1. The first kappa shape index (κ1) is 15.7. The van der Waals surface area contributed by atoms with Crippen molar-refractivity contribution in [2.45, 2.75) is 0 Å². The summed E-state index contributed by atoms with van der Waals surface area (Å²) in [5, 5.41) is 11.6. The zero-order chi connectivity index (χ0) is 16.1. The quantitative estimate of drug-likeness (QED) is 0.842. The number of carbonyl (C=O) groups is 2. The Bertz CT molecular complexity index is 759. The standard InChI is InChI=1S/C16H11ClFNO3/c17-13-6-5-11(16(21)22)9-14(13)19-15(20)7-4-10-2-1-3-12(18)8-10/h1-9H,(H,19,20)(H,21,22). The molecular weight excluding hydrogens is 309 g/mol. The number of hydrogen-bond donors (Lipinski definition) is 2. The topological polar surface area (TPSA) is 66.4 Å². The van der Waals surface area contributed by atoms with Crippen molar-refractivity contribution in [1.82, 2.24) is 0 Å². The summed E-state index contributed by atoms with van der Waals surface area (Å²) in [6.07, 6.45) is 2.64. The Labute approximate surface area is 130 Å². The van der Waals surface area contributed by atoms with Crippen molar-refractivity contribution in [3.63, 3.8) is 0 Å². The summed E-state index contributed by atoms with van der Waals surface area (Å²) in [4.78, 5) is 22.7. The molecule has 112 valence electrons. The summed E-state index contributed by atoms with van der Waals surface area (Å²) in [5.41, 5.74) is 0.727. The van der Waals surface area contributed by atoms with Gasteiger partial charge >= 0.3 is 5.97 Å². The van der Waals surface area contributed by atoms with Gasteiger partial charge in [0, 0.05) is 6.08 Å². The van der Waals surface area contributed by atoms with E-state index in [4.69, 9.17) is 16.7 Å². The lowest BCUT2D eigenvalue weighted by Crippen LogP contribution is -2.09. The highest BCUT2D eigenvalue weighted by molar-refractivity contribution is 6.34. The molecule has 0 aliphatic carbocycles. The van der Waals surface area contributed by atoms with Crippen LogP contribution in [0, 0.1) is 5.82 Å². The molecule has 4 nitrogen and oxygen atoms in total. The Hall–Kier alpha value is -2.66. The second kappa shape index (κ2) is 6.87. The SMILES string of the molecule is O=C(C=Cc1cccc(F)c1)Nc1cc(C(=O)O)ccc1Cl. The third kappa shape index (κ3) is 4.17. The zero-order valence-corrected chi connectivity index (χ0v) is 12.0. The second-order valence-corrected chi connectivity index (χ2v) is 4.78. The van der Waals surface area contributed by atoms with Crippen LogP contribution in [-0.2, 0) is 4.79 Å². The van der Waals surface area contributed by atoms with Gasteiger partial charge in [-0.3, -0.25) is 4.79 Å². The van der Waals surface area contributed by atoms with Crippen LogP contribution in [0.4, 0.5) is 10.1 Å². The summed E-state index contributed by atoms with van der Waals surface area (Å²) < 4.78 is 13.0. The first-order valence-corrected chi connectivity index (χ1v) is 6.61. The molecule has 0 unspecified atom stereocenters. The second-order valence-electron chi connectivity index (χ2n) is 4.38. The van der Waals surface area contributed by atoms with Crippen LogP contribution in [-0.4, -0.2) is 17.0 Å². The number of nitrogens with one attached hydrogen (secondary N) is 1. The third-order valence-corrected chi connectivity index (χ3v) is 3.08. The highest BCUT2D eigenvalue weighted by Crippen LogP contribution is 2.23. The van der Waals surface area contributed by atoms with E-state index in [9.17, 15) is 14.0 Å². The molecule has 2 aromatic carbocycles. The van der Waals surface area contributed by atoms with Gasteiger partial charge in [0.25, 0.3) is 0 Å². The lowest BCUT2D eigenvalue weighted by atomic mass is 10.2. The average Bonchev–Trinajstić information content (AvgIpc) is 2.47. The van der Waals surface area contributed by atoms with Crippen molar-refractivity contribution in [1.29, 1.82) is 0 Å². The van der Waals surface area contributed by atoms with Crippen molar-refractivity contribution in [2.75, 3.05) is 5.32 Å². The van der Waals surface area contributed by atoms with Gasteiger partial charge in [-0.25, -0.2) is 9.18 Å². The van der Waals surface area contributed by atoms with Crippen molar-refractivity contribution in [2.24, 2.45) is 0 Å².